The van der Waals surface area contributed by atoms with Crippen LogP contribution in [-0.4, -0.2) is 33.0 Å². The molecule has 0 radical (unpaired) electrons. The maximum absolute atomic E-state index is 12.8. The van der Waals surface area contributed by atoms with Crippen LogP contribution >= 0.6 is 0 Å². The molecule has 0 spiro atoms. The summed E-state index contributed by atoms with van der Waals surface area (Å²) in [6, 6.07) is 5.56. The van der Waals surface area contributed by atoms with Gasteiger partial charge in [0.25, 0.3) is 0 Å². The molecule has 2 rings (SSSR count). The van der Waals surface area contributed by atoms with Gasteiger partial charge < -0.3 is 4.74 Å². The largest absolute Gasteiger partial charge is 0.371 e. The number of rotatable bonds is 10. The van der Waals surface area contributed by atoms with E-state index in [1.165, 1.54) is 19.3 Å². The predicted molar refractivity (Wildman–Crippen MR) is 87.7 cm³/mol. The standard InChI is InChI=1S/C17H25FN4O/c1-3-4-5-8-13-23-14(2)17-20-16(21-22(17)12-10-18)15-9-6-7-11-19-15/h6-7,9,11,14H,3-5,8,10,12-13H2,1-2H3. The molecule has 23 heavy (non-hydrogen) atoms. The van der Waals surface area contributed by atoms with Gasteiger partial charge in [-0.25, -0.2) is 14.1 Å². The van der Waals surface area contributed by atoms with E-state index in [1.54, 1.807) is 10.9 Å². The summed E-state index contributed by atoms with van der Waals surface area (Å²) >= 11 is 0. The Labute approximate surface area is 136 Å². The Balaban J connectivity index is 2.05. The molecule has 0 aliphatic rings. The molecule has 6 heteroatoms. The van der Waals surface area contributed by atoms with Gasteiger partial charge >= 0.3 is 0 Å². The van der Waals surface area contributed by atoms with Crippen LogP contribution in [0.5, 0.6) is 0 Å². The van der Waals surface area contributed by atoms with E-state index in [0.29, 0.717) is 23.9 Å². The lowest BCUT2D eigenvalue weighted by atomic mass is 10.2. The van der Waals surface area contributed by atoms with Crippen LogP contribution < -0.4 is 0 Å². The molecular weight excluding hydrogens is 295 g/mol. The minimum absolute atomic E-state index is 0.179. The van der Waals surface area contributed by atoms with Crippen molar-refractivity contribution in [3.05, 3.63) is 30.2 Å². The molecular formula is C17H25FN4O. The lowest BCUT2D eigenvalue weighted by Crippen LogP contribution is -2.12. The highest BCUT2D eigenvalue weighted by Gasteiger charge is 2.18. The Morgan fingerprint density at radius 2 is 2.13 bits per heavy atom. The first-order chi connectivity index (χ1) is 11.3. The lowest BCUT2D eigenvalue weighted by Gasteiger charge is -2.13. The zero-order chi connectivity index (χ0) is 16.5. The number of ether oxygens (including phenoxy) is 1. The van der Waals surface area contributed by atoms with Gasteiger partial charge in [0.1, 0.15) is 18.5 Å². The molecule has 0 bridgehead atoms. The second kappa shape index (κ2) is 9.35. The number of halogens is 1. The quantitative estimate of drug-likeness (QED) is 0.622. The first-order valence-corrected chi connectivity index (χ1v) is 8.30. The predicted octanol–water partition coefficient (Wildman–Crippen LogP) is 3.97. The summed E-state index contributed by atoms with van der Waals surface area (Å²) in [5, 5.41) is 4.37. The van der Waals surface area contributed by atoms with E-state index < -0.39 is 6.67 Å². The minimum atomic E-state index is -0.485. The van der Waals surface area contributed by atoms with Crippen LogP contribution in [0.3, 0.4) is 0 Å². The van der Waals surface area contributed by atoms with Crippen LogP contribution in [0.15, 0.2) is 24.4 Å². The molecule has 2 heterocycles. The second-order valence-corrected chi connectivity index (χ2v) is 5.49. The highest BCUT2D eigenvalue weighted by atomic mass is 19.1. The summed E-state index contributed by atoms with van der Waals surface area (Å²) in [5.41, 5.74) is 0.682. The fourth-order valence-corrected chi connectivity index (χ4v) is 2.37. The number of pyridine rings is 1. The molecule has 2 aromatic heterocycles. The van der Waals surface area contributed by atoms with E-state index in [1.807, 2.05) is 25.1 Å². The van der Waals surface area contributed by atoms with Crippen molar-refractivity contribution >= 4 is 0 Å². The Hall–Kier alpha value is -1.82. The fraction of sp³-hybridized carbons (Fsp3) is 0.588. The van der Waals surface area contributed by atoms with Crippen LogP contribution in [0.1, 0.15) is 51.5 Å². The Kier molecular flexibility index (Phi) is 7.13. The van der Waals surface area contributed by atoms with Crippen molar-refractivity contribution in [2.24, 2.45) is 0 Å². The van der Waals surface area contributed by atoms with E-state index in [9.17, 15) is 4.39 Å². The van der Waals surface area contributed by atoms with Crippen molar-refractivity contribution in [1.29, 1.82) is 0 Å². The molecule has 2 aromatic rings. The number of unbranched alkanes of at least 4 members (excludes halogenated alkanes) is 3. The van der Waals surface area contributed by atoms with Crippen LogP contribution in [0.4, 0.5) is 4.39 Å². The summed E-state index contributed by atoms with van der Waals surface area (Å²) in [5.74, 6) is 1.16. The average molecular weight is 320 g/mol. The van der Waals surface area contributed by atoms with Crippen LogP contribution in [0.25, 0.3) is 11.5 Å². The molecule has 0 saturated carbocycles. The first-order valence-electron chi connectivity index (χ1n) is 8.30. The molecule has 1 atom stereocenters. The van der Waals surface area contributed by atoms with Gasteiger partial charge in [-0.1, -0.05) is 32.3 Å². The molecule has 0 aliphatic heterocycles. The first kappa shape index (κ1) is 17.5. The molecule has 0 aliphatic carbocycles. The Morgan fingerprint density at radius 3 is 2.83 bits per heavy atom. The minimum Gasteiger partial charge on any atom is -0.371 e. The number of nitrogens with zero attached hydrogens (tertiary/aromatic N) is 4. The van der Waals surface area contributed by atoms with Crippen molar-refractivity contribution in [1.82, 2.24) is 19.7 Å². The van der Waals surface area contributed by atoms with Crippen molar-refractivity contribution in [3.63, 3.8) is 0 Å². The molecule has 0 aromatic carbocycles. The number of hydrogen-bond acceptors (Lipinski definition) is 4. The zero-order valence-corrected chi connectivity index (χ0v) is 13.9. The number of alkyl halides is 1. The summed E-state index contributed by atoms with van der Waals surface area (Å²) in [6.07, 6.45) is 6.10. The zero-order valence-electron chi connectivity index (χ0n) is 13.9. The van der Waals surface area contributed by atoms with Gasteiger partial charge in [-0.2, -0.15) is 0 Å². The van der Waals surface area contributed by atoms with E-state index in [-0.39, 0.29) is 12.6 Å². The number of aryl methyl sites for hydroxylation is 1. The van der Waals surface area contributed by atoms with Crippen LogP contribution in [0, 0.1) is 0 Å². The molecule has 1 unspecified atom stereocenters. The van der Waals surface area contributed by atoms with Gasteiger partial charge in [0.15, 0.2) is 11.6 Å². The monoisotopic (exact) mass is 320 g/mol. The summed E-state index contributed by atoms with van der Waals surface area (Å²) in [6.45, 7) is 4.49. The Bertz CT molecular complexity index is 573. The average Bonchev–Trinajstić information content (AvgIpc) is 3.00. The third kappa shape index (κ3) is 5.10. The van der Waals surface area contributed by atoms with Crippen molar-refractivity contribution in [2.45, 2.75) is 52.2 Å². The maximum atomic E-state index is 12.8. The van der Waals surface area contributed by atoms with Crippen molar-refractivity contribution in [2.75, 3.05) is 13.3 Å². The van der Waals surface area contributed by atoms with E-state index in [4.69, 9.17) is 4.74 Å². The third-order valence-electron chi connectivity index (χ3n) is 3.62. The summed E-state index contributed by atoms with van der Waals surface area (Å²) < 4.78 is 20.2. The normalized spacial score (nSPS) is 12.5. The molecule has 0 N–H and O–H groups in total. The van der Waals surface area contributed by atoms with E-state index >= 15 is 0 Å². The SMILES string of the molecule is CCCCCCOC(C)c1nc(-c2ccccn2)nn1CCF. The van der Waals surface area contributed by atoms with Gasteiger partial charge in [-0.15, -0.1) is 5.10 Å². The van der Waals surface area contributed by atoms with Gasteiger partial charge in [-0.3, -0.25) is 4.98 Å². The maximum Gasteiger partial charge on any atom is 0.200 e. The lowest BCUT2D eigenvalue weighted by molar-refractivity contribution is 0.0535. The molecule has 0 fully saturated rings. The fourth-order valence-electron chi connectivity index (χ4n) is 2.37. The topological polar surface area (TPSA) is 52.8 Å². The highest BCUT2D eigenvalue weighted by Crippen LogP contribution is 2.20. The molecule has 0 amide bonds. The molecule has 5 nitrogen and oxygen atoms in total. The van der Waals surface area contributed by atoms with Crippen molar-refractivity contribution < 1.29 is 9.13 Å². The number of aromatic nitrogens is 4. The summed E-state index contributed by atoms with van der Waals surface area (Å²) in [7, 11) is 0. The van der Waals surface area contributed by atoms with Crippen LogP contribution in [0.2, 0.25) is 0 Å². The van der Waals surface area contributed by atoms with Gasteiger partial charge in [0.2, 0.25) is 0 Å². The van der Waals surface area contributed by atoms with Gasteiger partial charge in [0, 0.05) is 12.8 Å². The smallest absolute Gasteiger partial charge is 0.200 e. The van der Waals surface area contributed by atoms with Gasteiger partial charge in [0.05, 0.1) is 6.54 Å². The van der Waals surface area contributed by atoms with Crippen LogP contribution in [-0.2, 0) is 11.3 Å². The molecule has 0 saturated heterocycles. The second-order valence-electron chi connectivity index (χ2n) is 5.49. The summed E-state index contributed by atoms with van der Waals surface area (Å²) in [4.78, 5) is 8.76. The third-order valence-corrected chi connectivity index (χ3v) is 3.62. The number of hydrogen-bond donors (Lipinski definition) is 0. The van der Waals surface area contributed by atoms with E-state index in [0.717, 1.165) is 6.42 Å². The molecule has 126 valence electrons. The highest BCUT2D eigenvalue weighted by molar-refractivity contribution is 5.47. The van der Waals surface area contributed by atoms with Crippen molar-refractivity contribution in [3.8, 4) is 11.5 Å². The Morgan fingerprint density at radius 1 is 1.26 bits per heavy atom. The van der Waals surface area contributed by atoms with E-state index in [2.05, 4.69) is 22.0 Å². The van der Waals surface area contributed by atoms with Gasteiger partial charge in [-0.05, 0) is 25.5 Å².